The van der Waals surface area contributed by atoms with Gasteiger partial charge in [0, 0.05) is 26.2 Å². The molecule has 0 aromatic carbocycles. The summed E-state index contributed by atoms with van der Waals surface area (Å²) >= 11 is 0. The molecule has 0 amide bonds. The fourth-order valence-electron chi connectivity index (χ4n) is 0.860. The zero-order chi connectivity index (χ0) is 10.5. The highest BCUT2D eigenvalue weighted by molar-refractivity contribution is 6.64. The molecule has 0 bridgehead atoms. The van der Waals surface area contributed by atoms with Crippen LogP contribution in [0.2, 0.25) is 13.1 Å². The first kappa shape index (κ1) is 13.1. The Morgan fingerprint density at radius 2 is 1.62 bits per heavy atom. The zero-order valence-electron chi connectivity index (χ0n) is 9.64. The van der Waals surface area contributed by atoms with Crippen LogP contribution in [-0.4, -0.2) is 36.0 Å². The minimum Gasteiger partial charge on any atom is -0.398 e. The first-order chi connectivity index (χ1) is 5.83. The van der Waals surface area contributed by atoms with E-state index in [-0.39, 0.29) is 5.41 Å². The third-order valence-electron chi connectivity index (χ3n) is 1.84. The predicted octanol–water partition coefficient (Wildman–Crippen LogP) is 2.02. The van der Waals surface area contributed by atoms with E-state index in [0.717, 1.165) is 0 Å². The number of rotatable bonds is 6. The van der Waals surface area contributed by atoms with Crippen LogP contribution in [0.5, 0.6) is 0 Å². The average Bonchev–Trinajstić information content (AvgIpc) is 2.02. The summed E-state index contributed by atoms with van der Waals surface area (Å²) in [5.74, 6) is 0. The van der Waals surface area contributed by atoms with Gasteiger partial charge in [-0.05, 0) is 13.1 Å². The lowest BCUT2D eigenvalue weighted by atomic mass is 9.97. The van der Waals surface area contributed by atoms with Gasteiger partial charge in [0.15, 0.2) is 0 Å². The third-order valence-corrected chi connectivity index (χ3v) is 3.66. The van der Waals surface area contributed by atoms with E-state index in [4.69, 9.17) is 13.6 Å². The average molecular weight is 206 g/mol. The molecule has 3 nitrogen and oxygen atoms in total. The van der Waals surface area contributed by atoms with Crippen molar-refractivity contribution in [2.75, 3.05) is 27.4 Å². The van der Waals surface area contributed by atoms with E-state index in [1.807, 2.05) is 13.1 Å². The van der Waals surface area contributed by atoms with E-state index in [1.54, 1.807) is 14.2 Å². The quantitative estimate of drug-likeness (QED) is 0.622. The topological polar surface area (TPSA) is 27.7 Å². The molecule has 0 unspecified atom stereocenters. The Morgan fingerprint density at radius 3 is 2.00 bits per heavy atom. The molecule has 0 aromatic heterocycles. The molecular weight excluding hydrogens is 184 g/mol. The van der Waals surface area contributed by atoms with Gasteiger partial charge in [-0.2, -0.15) is 0 Å². The van der Waals surface area contributed by atoms with E-state index in [9.17, 15) is 0 Å². The maximum absolute atomic E-state index is 5.73. The molecule has 0 aliphatic carbocycles. The van der Waals surface area contributed by atoms with Crippen molar-refractivity contribution in [3.05, 3.63) is 0 Å². The molecule has 0 aliphatic heterocycles. The Morgan fingerprint density at radius 1 is 1.08 bits per heavy atom. The van der Waals surface area contributed by atoms with Gasteiger partial charge in [0.25, 0.3) is 0 Å². The molecule has 80 valence electrons. The van der Waals surface area contributed by atoms with Crippen LogP contribution in [0, 0.1) is 5.41 Å². The van der Waals surface area contributed by atoms with Gasteiger partial charge < -0.3 is 13.6 Å². The van der Waals surface area contributed by atoms with Gasteiger partial charge in [-0.3, -0.25) is 0 Å². The predicted molar refractivity (Wildman–Crippen MR) is 56.1 cm³/mol. The lowest BCUT2D eigenvalue weighted by molar-refractivity contribution is 0.0507. The van der Waals surface area contributed by atoms with Gasteiger partial charge in [0.2, 0.25) is 0 Å². The van der Waals surface area contributed by atoms with Gasteiger partial charge in [-0.15, -0.1) is 0 Å². The Labute approximate surface area is 82.6 Å². The second-order valence-electron chi connectivity index (χ2n) is 4.49. The highest BCUT2D eigenvalue weighted by atomic mass is 28.4. The number of ether oxygens (including phenoxy) is 1. The Hall–Kier alpha value is 0.0969. The summed E-state index contributed by atoms with van der Waals surface area (Å²) in [7, 11) is 1.54. The Balaban J connectivity index is 3.86. The molecule has 0 aliphatic rings. The molecule has 0 radical (unpaired) electrons. The van der Waals surface area contributed by atoms with Gasteiger partial charge >= 0.3 is 8.56 Å². The summed E-state index contributed by atoms with van der Waals surface area (Å²) in [5, 5.41) is 0. The summed E-state index contributed by atoms with van der Waals surface area (Å²) in [5.41, 5.74) is 0.0670. The number of hydrogen-bond acceptors (Lipinski definition) is 3. The van der Waals surface area contributed by atoms with E-state index in [0.29, 0.717) is 13.2 Å². The van der Waals surface area contributed by atoms with Crippen molar-refractivity contribution >= 4 is 8.56 Å². The summed E-state index contributed by atoms with van der Waals surface area (Å²) in [6.07, 6.45) is 0. The first-order valence-electron chi connectivity index (χ1n) is 4.51. The van der Waals surface area contributed by atoms with Crippen molar-refractivity contribution in [3.63, 3.8) is 0 Å². The molecule has 0 rings (SSSR count). The molecule has 0 atom stereocenters. The van der Waals surface area contributed by atoms with Crippen molar-refractivity contribution in [2.45, 2.75) is 26.9 Å². The van der Waals surface area contributed by atoms with Crippen molar-refractivity contribution in [2.24, 2.45) is 5.41 Å². The van der Waals surface area contributed by atoms with Crippen molar-refractivity contribution in [1.82, 2.24) is 0 Å². The van der Waals surface area contributed by atoms with Crippen LogP contribution in [0.4, 0.5) is 0 Å². The maximum Gasteiger partial charge on any atom is 0.331 e. The molecule has 0 saturated carbocycles. The monoisotopic (exact) mass is 206 g/mol. The smallest absolute Gasteiger partial charge is 0.331 e. The third kappa shape index (κ3) is 6.21. The lowest BCUT2D eigenvalue weighted by Gasteiger charge is -2.28. The standard InChI is InChI=1S/C9H22O3Si/c1-9(2,7-10-3)8-12-13(5,6)11-4/h7-8H2,1-6H3. The molecule has 0 N–H and O–H groups in total. The van der Waals surface area contributed by atoms with Crippen LogP contribution < -0.4 is 0 Å². The highest BCUT2D eigenvalue weighted by Gasteiger charge is 2.27. The summed E-state index contributed by atoms with van der Waals surface area (Å²) < 4.78 is 16.1. The van der Waals surface area contributed by atoms with Gasteiger partial charge in [-0.1, -0.05) is 13.8 Å². The van der Waals surface area contributed by atoms with Crippen LogP contribution in [0.3, 0.4) is 0 Å². The number of methoxy groups -OCH3 is 1. The van der Waals surface area contributed by atoms with E-state index in [2.05, 4.69) is 13.8 Å². The Kier molecular flexibility index (Phi) is 5.13. The molecule has 0 spiro atoms. The first-order valence-corrected chi connectivity index (χ1v) is 7.33. The molecule has 0 heterocycles. The van der Waals surface area contributed by atoms with E-state index >= 15 is 0 Å². The molecule has 13 heavy (non-hydrogen) atoms. The van der Waals surface area contributed by atoms with Gasteiger partial charge in [0.1, 0.15) is 0 Å². The van der Waals surface area contributed by atoms with E-state index in [1.165, 1.54) is 0 Å². The summed E-state index contributed by atoms with van der Waals surface area (Å²) in [6, 6.07) is 0. The minimum absolute atomic E-state index is 0.0670. The number of hydrogen-bond donors (Lipinski definition) is 0. The fourth-order valence-corrected chi connectivity index (χ4v) is 1.72. The SMILES string of the molecule is COCC(C)(C)CO[Si](C)(C)OC. The van der Waals surface area contributed by atoms with Crippen LogP contribution in [0.1, 0.15) is 13.8 Å². The fraction of sp³-hybridized carbons (Fsp3) is 1.00. The maximum atomic E-state index is 5.73. The van der Waals surface area contributed by atoms with Crippen molar-refractivity contribution < 1.29 is 13.6 Å². The molecule has 0 saturated heterocycles. The second kappa shape index (κ2) is 5.10. The summed E-state index contributed by atoms with van der Waals surface area (Å²) in [6.45, 7) is 9.72. The second-order valence-corrected chi connectivity index (χ2v) is 7.99. The lowest BCUT2D eigenvalue weighted by Crippen LogP contribution is -2.38. The summed E-state index contributed by atoms with van der Waals surface area (Å²) in [4.78, 5) is 0. The molecule has 0 fully saturated rings. The minimum atomic E-state index is -1.87. The van der Waals surface area contributed by atoms with Crippen LogP contribution in [-0.2, 0) is 13.6 Å². The van der Waals surface area contributed by atoms with Crippen LogP contribution >= 0.6 is 0 Å². The van der Waals surface area contributed by atoms with Crippen molar-refractivity contribution in [1.29, 1.82) is 0 Å². The molecular formula is C9H22O3Si. The van der Waals surface area contributed by atoms with Crippen LogP contribution in [0.25, 0.3) is 0 Å². The Bertz CT molecular complexity index is 146. The molecule has 4 heteroatoms. The van der Waals surface area contributed by atoms with Gasteiger partial charge in [0.05, 0.1) is 6.61 Å². The normalized spacial score (nSPS) is 13.4. The van der Waals surface area contributed by atoms with Crippen LogP contribution in [0.15, 0.2) is 0 Å². The largest absolute Gasteiger partial charge is 0.398 e. The molecule has 0 aromatic rings. The van der Waals surface area contributed by atoms with E-state index < -0.39 is 8.56 Å². The highest BCUT2D eigenvalue weighted by Crippen LogP contribution is 2.18. The van der Waals surface area contributed by atoms with Gasteiger partial charge in [-0.25, -0.2) is 0 Å². The van der Waals surface area contributed by atoms with Crippen molar-refractivity contribution in [3.8, 4) is 0 Å². The zero-order valence-corrected chi connectivity index (χ0v) is 10.6.